The van der Waals surface area contributed by atoms with Crippen molar-refractivity contribution in [1.29, 1.82) is 0 Å². The van der Waals surface area contributed by atoms with Crippen LogP contribution in [0.5, 0.6) is 0 Å². The monoisotopic (exact) mass is 501 g/mol. The maximum absolute atomic E-state index is 13.4. The molecule has 2 saturated carbocycles. The number of anilines is 1. The fraction of sp³-hybridized carbons (Fsp3) is 0.517. The van der Waals surface area contributed by atoms with Gasteiger partial charge in [0.05, 0.1) is 16.9 Å². The van der Waals surface area contributed by atoms with Gasteiger partial charge in [0.2, 0.25) is 5.91 Å². The van der Waals surface area contributed by atoms with Gasteiger partial charge < -0.3 is 10.1 Å². The van der Waals surface area contributed by atoms with E-state index >= 15 is 0 Å². The number of alkyl halides is 3. The van der Waals surface area contributed by atoms with Crippen LogP contribution in [-0.4, -0.2) is 17.5 Å². The second kappa shape index (κ2) is 9.91. The molecule has 2 fully saturated rings. The molecule has 0 aromatic heterocycles. The van der Waals surface area contributed by atoms with E-state index in [4.69, 9.17) is 4.74 Å². The van der Waals surface area contributed by atoms with Gasteiger partial charge in [-0.05, 0) is 94.2 Å². The fourth-order valence-electron chi connectivity index (χ4n) is 5.17. The molecule has 1 N–H and O–H groups in total. The molecule has 0 spiro atoms. The number of hydrogen-bond acceptors (Lipinski definition) is 3. The second-order valence-electron chi connectivity index (χ2n) is 11.3. The third-order valence-corrected chi connectivity index (χ3v) is 7.17. The summed E-state index contributed by atoms with van der Waals surface area (Å²) in [5.74, 6) is -0.832. The van der Waals surface area contributed by atoms with Crippen molar-refractivity contribution in [1.82, 2.24) is 0 Å². The standard InChI is InChI=1S/C29H34F3NO3/c1-27(2,3)36-26(35)28(15-16-28)18-19-7-6-10-23(17-19)33-25(34)24(20-8-4-5-9-20)21-11-13-22(14-12-21)29(30,31)32/h6-7,10-14,17,20,24H,4-5,8-9,15-16,18H2,1-3H3,(H,33,34). The van der Waals surface area contributed by atoms with Crippen LogP contribution in [0.1, 0.15) is 81.9 Å². The van der Waals surface area contributed by atoms with Gasteiger partial charge in [0.15, 0.2) is 0 Å². The predicted octanol–water partition coefficient (Wildman–Crippen LogP) is 7.28. The molecule has 1 unspecified atom stereocenters. The molecule has 2 aliphatic carbocycles. The van der Waals surface area contributed by atoms with E-state index in [1.54, 1.807) is 6.07 Å². The van der Waals surface area contributed by atoms with E-state index in [1.165, 1.54) is 12.1 Å². The third kappa shape index (κ3) is 6.29. The molecule has 0 saturated heterocycles. The first-order valence-electron chi connectivity index (χ1n) is 12.7. The summed E-state index contributed by atoms with van der Waals surface area (Å²) in [6, 6.07) is 12.4. The lowest BCUT2D eigenvalue weighted by Gasteiger charge is -2.24. The zero-order chi connectivity index (χ0) is 26.1. The minimum absolute atomic E-state index is 0.0896. The van der Waals surface area contributed by atoms with Crippen molar-refractivity contribution in [3.8, 4) is 0 Å². The van der Waals surface area contributed by atoms with Gasteiger partial charge in [-0.25, -0.2) is 0 Å². The normalized spacial score (nSPS) is 18.5. The molecule has 36 heavy (non-hydrogen) atoms. The van der Waals surface area contributed by atoms with Crippen LogP contribution in [0.15, 0.2) is 48.5 Å². The Labute approximate surface area is 210 Å². The molecule has 4 rings (SSSR count). The molecule has 1 amide bonds. The van der Waals surface area contributed by atoms with Gasteiger partial charge in [0, 0.05) is 5.69 Å². The number of hydrogen-bond donors (Lipinski definition) is 1. The highest BCUT2D eigenvalue weighted by molar-refractivity contribution is 5.96. The minimum atomic E-state index is -4.41. The molecular formula is C29H34F3NO3. The van der Waals surface area contributed by atoms with Crippen molar-refractivity contribution in [2.24, 2.45) is 11.3 Å². The Kier molecular flexibility index (Phi) is 7.22. The second-order valence-corrected chi connectivity index (χ2v) is 11.3. The number of carbonyl (C=O) groups is 2. The van der Waals surface area contributed by atoms with Crippen LogP contribution in [0.2, 0.25) is 0 Å². The molecule has 0 aliphatic heterocycles. The Morgan fingerprint density at radius 1 is 1.03 bits per heavy atom. The SMILES string of the molecule is CC(C)(C)OC(=O)C1(Cc2cccc(NC(=O)C(c3ccc(C(F)(F)F)cc3)C3CCCC3)c2)CC1. The summed E-state index contributed by atoms with van der Waals surface area (Å²) in [4.78, 5) is 26.2. The molecule has 1 atom stereocenters. The molecule has 194 valence electrons. The van der Waals surface area contributed by atoms with E-state index in [1.807, 2.05) is 39.0 Å². The first kappa shape index (κ1) is 26.2. The number of benzene rings is 2. The molecular weight excluding hydrogens is 467 g/mol. The molecule has 7 heteroatoms. The van der Waals surface area contributed by atoms with Gasteiger partial charge in [-0.2, -0.15) is 13.2 Å². The summed E-state index contributed by atoms with van der Waals surface area (Å²) in [5.41, 5.74) is 0.378. The van der Waals surface area contributed by atoms with E-state index in [9.17, 15) is 22.8 Å². The van der Waals surface area contributed by atoms with Crippen molar-refractivity contribution < 1.29 is 27.5 Å². The largest absolute Gasteiger partial charge is 0.460 e. The van der Waals surface area contributed by atoms with Crippen LogP contribution in [0.3, 0.4) is 0 Å². The van der Waals surface area contributed by atoms with E-state index in [-0.39, 0.29) is 17.8 Å². The minimum Gasteiger partial charge on any atom is -0.460 e. The van der Waals surface area contributed by atoms with E-state index in [0.717, 1.165) is 56.2 Å². The number of esters is 1. The van der Waals surface area contributed by atoms with Crippen molar-refractivity contribution in [3.05, 3.63) is 65.2 Å². The summed E-state index contributed by atoms with van der Waals surface area (Å²) < 4.78 is 44.8. The van der Waals surface area contributed by atoms with Crippen molar-refractivity contribution in [2.45, 2.75) is 83.4 Å². The van der Waals surface area contributed by atoms with Gasteiger partial charge in [0.25, 0.3) is 0 Å². The summed E-state index contributed by atoms with van der Waals surface area (Å²) in [6.07, 6.45) is 1.44. The summed E-state index contributed by atoms with van der Waals surface area (Å²) >= 11 is 0. The number of amides is 1. The lowest BCUT2D eigenvalue weighted by atomic mass is 9.83. The zero-order valence-electron chi connectivity index (χ0n) is 21.1. The summed E-state index contributed by atoms with van der Waals surface area (Å²) in [5, 5.41) is 3.00. The average Bonchev–Trinajstić information content (AvgIpc) is 3.37. The Balaban J connectivity index is 1.50. The smallest absolute Gasteiger partial charge is 0.416 e. The Morgan fingerprint density at radius 3 is 2.22 bits per heavy atom. The van der Waals surface area contributed by atoms with Crippen LogP contribution >= 0.6 is 0 Å². The molecule has 2 aromatic rings. The average molecular weight is 502 g/mol. The maximum Gasteiger partial charge on any atom is 0.416 e. The first-order chi connectivity index (χ1) is 16.9. The van der Waals surface area contributed by atoms with Crippen molar-refractivity contribution in [3.63, 3.8) is 0 Å². The van der Waals surface area contributed by atoms with Gasteiger partial charge in [-0.1, -0.05) is 37.1 Å². The summed E-state index contributed by atoms with van der Waals surface area (Å²) in [6.45, 7) is 5.57. The van der Waals surface area contributed by atoms with Crippen LogP contribution in [0, 0.1) is 11.3 Å². The fourth-order valence-corrected chi connectivity index (χ4v) is 5.17. The van der Waals surface area contributed by atoms with Gasteiger partial charge >= 0.3 is 12.1 Å². The van der Waals surface area contributed by atoms with Crippen LogP contribution < -0.4 is 5.32 Å². The highest BCUT2D eigenvalue weighted by Crippen LogP contribution is 2.50. The summed E-state index contributed by atoms with van der Waals surface area (Å²) in [7, 11) is 0. The third-order valence-electron chi connectivity index (χ3n) is 7.17. The first-order valence-corrected chi connectivity index (χ1v) is 12.7. The van der Waals surface area contributed by atoms with Gasteiger partial charge in [0.1, 0.15) is 5.60 Å². The Morgan fingerprint density at radius 2 is 1.67 bits per heavy atom. The highest BCUT2D eigenvalue weighted by Gasteiger charge is 2.52. The maximum atomic E-state index is 13.4. The van der Waals surface area contributed by atoms with Crippen molar-refractivity contribution >= 4 is 17.6 Å². The van der Waals surface area contributed by atoms with Crippen LogP contribution in [0.25, 0.3) is 0 Å². The Hall–Kier alpha value is -2.83. The molecule has 4 nitrogen and oxygen atoms in total. The van der Waals surface area contributed by atoms with E-state index in [2.05, 4.69) is 5.32 Å². The number of halogens is 3. The van der Waals surface area contributed by atoms with Gasteiger partial charge in [-0.15, -0.1) is 0 Å². The van der Waals surface area contributed by atoms with Gasteiger partial charge in [-0.3, -0.25) is 9.59 Å². The van der Waals surface area contributed by atoms with Crippen molar-refractivity contribution in [2.75, 3.05) is 5.32 Å². The molecule has 0 radical (unpaired) electrons. The molecule has 2 aromatic carbocycles. The predicted molar refractivity (Wildman–Crippen MR) is 132 cm³/mol. The number of rotatable bonds is 7. The quantitative estimate of drug-likeness (QED) is 0.406. The molecule has 2 aliphatic rings. The van der Waals surface area contributed by atoms with E-state index in [0.29, 0.717) is 17.7 Å². The molecule has 0 bridgehead atoms. The number of ether oxygens (including phenoxy) is 1. The molecule has 0 heterocycles. The zero-order valence-corrected chi connectivity index (χ0v) is 21.1. The van der Waals surface area contributed by atoms with Crippen LogP contribution in [-0.2, 0) is 26.9 Å². The Bertz CT molecular complexity index is 1090. The van der Waals surface area contributed by atoms with Crippen LogP contribution in [0.4, 0.5) is 18.9 Å². The number of nitrogens with one attached hydrogen (secondary N) is 1. The topological polar surface area (TPSA) is 55.4 Å². The highest BCUT2D eigenvalue weighted by atomic mass is 19.4. The lowest BCUT2D eigenvalue weighted by molar-refractivity contribution is -0.161. The lowest BCUT2D eigenvalue weighted by Crippen LogP contribution is -2.30. The van der Waals surface area contributed by atoms with E-state index < -0.39 is 28.7 Å². The number of carbonyl (C=O) groups excluding carboxylic acids is 2.